The molecule has 1 saturated carbocycles. The Labute approximate surface area is 127 Å². The van der Waals surface area contributed by atoms with Crippen molar-refractivity contribution in [2.75, 3.05) is 5.43 Å². The molecule has 3 N–H and O–H groups in total. The Morgan fingerprint density at radius 3 is 2.73 bits per heavy atom. The quantitative estimate of drug-likeness (QED) is 0.892. The molecule has 2 amide bonds. The number of benzene rings is 1. The van der Waals surface area contributed by atoms with Crippen LogP contribution in [0.2, 0.25) is 0 Å². The highest BCUT2D eigenvalue weighted by Gasteiger charge is 2.32. The van der Waals surface area contributed by atoms with Gasteiger partial charge < -0.3 is 5.73 Å². The van der Waals surface area contributed by atoms with Gasteiger partial charge in [0, 0.05) is 17.0 Å². The van der Waals surface area contributed by atoms with E-state index >= 15 is 0 Å². The summed E-state index contributed by atoms with van der Waals surface area (Å²) in [6.45, 7) is 0. The molecule has 0 bridgehead atoms. The monoisotopic (exact) mass is 296 g/mol. The Morgan fingerprint density at radius 1 is 1.23 bits per heavy atom. The summed E-state index contributed by atoms with van der Waals surface area (Å²) >= 11 is 0. The number of carbonyl (C=O) groups excluding carboxylic acids is 2. The topological polar surface area (TPSA) is 90.0 Å². The van der Waals surface area contributed by atoms with Gasteiger partial charge in [0.1, 0.15) is 0 Å². The van der Waals surface area contributed by atoms with Gasteiger partial charge in [-0.1, -0.05) is 24.3 Å². The highest BCUT2D eigenvalue weighted by atomic mass is 16.2. The van der Waals surface area contributed by atoms with Crippen LogP contribution < -0.4 is 11.2 Å². The van der Waals surface area contributed by atoms with Gasteiger partial charge >= 0.3 is 0 Å². The van der Waals surface area contributed by atoms with Crippen molar-refractivity contribution in [3.05, 3.63) is 41.1 Å². The van der Waals surface area contributed by atoms with E-state index in [2.05, 4.69) is 16.6 Å². The Hall–Kier alpha value is -2.63. The highest BCUT2D eigenvalue weighted by Crippen LogP contribution is 2.35. The van der Waals surface area contributed by atoms with Crippen molar-refractivity contribution < 1.29 is 9.59 Å². The molecule has 1 aromatic carbocycles. The van der Waals surface area contributed by atoms with Gasteiger partial charge in [-0.3, -0.25) is 9.59 Å². The van der Waals surface area contributed by atoms with Gasteiger partial charge in [0.25, 0.3) is 5.91 Å². The summed E-state index contributed by atoms with van der Waals surface area (Å²) in [6, 6.07) is 7.97. The summed E-state index contributed by atoms with van der Waals surface area (Å²) in [4.78, 5) is 25.2. The number of primary amides is 1. The SMILES string of the molecule is NC(=O)c1nn(NC(=O)C2CC2)c2c1CCc1ccccc1-2. The second-order valence-corrected chi connectivity index (χ2v) is 5.86. The van der Waals surface area contributed by atoms with Gasteiger partial charge in [-0.2, -0.15) is 4.79 Å². The molecule has 1 heterocycles. The average Bonchev–Trinajstić information content (AvgIpc) is 3.30. The molecule has 2 aliphatic carbocycles. The molecule has 22 heavy (non-hydrogen) atoms. The summed E-state index contributed by atoms with van der Waals surface area (Å²) in [5.41, 5.74) is 12.3. The minimum atomic E-state index is -0.560. The molecule has 1 fully saturated rings. The number of hydrogen-bond donors (Lipinski definition) is 2. The number of aromatic nitrogens is 2. The molecule has 0 unspecified atom stereocenters. The predicted molar refractivity (Wildman–Crippen MR) is 80.7 cm³/mol. The summed E-state index contributed by atoms with van der Waals surface area (Å²) in [5, 5.41) is 4.25. The number of nitrogens with zero attached hydrogens (tertiary/aromatic N) is 2. The first-order valence-corrected chi connectivity index (χ1v) is 7.46. The lowest BCUT2D eigenvalue weighted by molar-refractivity contribution is -0.118. The van der Waals surface area contributed by atoms with E-state index in [1.807, 2.05) is 18.2 Å². The maximum absolute atomic E-state index is 12.1. The van der Waals surface area contributed by atoms with Crippen molar-refractivity contribution in [2.45, 2.75) is 25.7 Å². The highest BCUT2D eigenvalue weighted by molar-refractivity contribution is 5.95. The lowest BCUT2D eigenvalue weighted by atomic mass is 9.89. The van der Waals surface area contributed by atoms with Crippen molar-refractivity contribution in [3.8, 4) is 11.3 Å². The fourth-order valence-electron chi connectivity index (χ4n) is 3.01. The number of hydrogen-bond acceptors (Lipinski definition) is 3. The molecule has 2 aromatic rings. The van der Waals surface area contributed by atoms with Gasteiger partial charge in [-0.25, -0.2) is 5.43 Å². The molecule has 0 saturated heterocycles. The Kier molecular flexibility index (Phi) is 2.79. The zero-order chi connectivity index (χ0) is 15.3. The Morgan fingerprint density at radius 2 is 2.00 bits per heavy atom. The Balaban J connectivity index is 1.85. The second kappa shape index (κ2) is 4.69. The number of carbonyl (C=O) groups is 2. The summed E-state index contributed by atoms with van der Waals surface area (Å²) in [5.74, 6) is -0.546. The molecular formula is C16H16N4O2. The Bertz CT molecular complexity index is 789. The number of fused-ring (bicyclic) bond motifs is 3. The number of nitrogens with one attached hydrogen (secondary N) is 1. The largest absolute Gasteiger partial charge is 0.364 e. The van der Waals surface area contributed by atoms with E-state index in [0.29, 0.717) is 6.42 Å². The number of aryl methyl sites for hydroxylation is 1. The molecule has 6 heteroatoms. The van der Waals surface area contributed by atoms with Crippen LogP contribution in [0.1, 0.15) is 34.5 Å². The molecular weight excluding hydrogens is 280 g/mol. The maximum atomic E-state index is 12.1. The van der Waals surface area contributed by atoms with Crippen LogP contribution in [0.5, 0.6) is 0 Å². The van der Waals surface area contributed by atoms with E-state index in [9.17, 15) is 9.59 Å². The van der Waals surface area contributed by atoms with Crippen LogP contribution in [0.3, 0.4) is 0 Å². The number of rotatable bonds is 3. The zero-order valence-electron chi connectivity index (χ0n) is 12.0. The van der Waals surface area contributed by atoms with Gasteiger partial charge in [0.05, 0.1) is 5.69 Å². The molecule has 6 nitrogen and oxygen atoms in total. The van der Waals surface area contributed by atoms with E-state index in [4.69, 9.17) is 5.73 Å². The third-order valence-electron chi connectivity index (χ3n) is 4.30. The number of amides is 2. The first-order valence-electron chi connectivity index (χ1n) is 7.46. The molecule has 4 rings (SSSR count). The van der Waals surface area contributed by atoms with Crippen LogP contribution in [-0.2, 0) is 17.6 Å². The van der Waals surface area contributed by atoms with E-state index < -0.39 is 5.91 Å². The minimum Gasteiger partial charge on any atom is -0.364 e. The first-order chi connectivity index (χ1) is 10.6. The van der Waals surface area contributed by atoms with Crippen LogP contribution in [0.15, 0.2) is 24.3 Å². The standard InChI is InChI=1S/C16H16N4O2/c17-15(21)13-12-8-7-9-3-1-2-4-11(9)14(12)20(18-13)19-16(22)10-5-6-10/h1-4,10H,5-8H2,(H2,17,21)(H,19,22). The average molecular weight is 296 g/mol. The number of nitrogens with two attached hydrogens (primary N) is 1. The molecule has 0 atom stereocenters. The first kappa shape index (κ1) is 13.1. The normalized spacial score (nSPS) is 15.8. The van der Waals surface area contributed by atoms with Crippen molar-refractivity contribution in [1.29, 1.82) is 0 Å². The van der Waals surface area contributed by atoms with Gasteiger partial charge in [-0.15, -0.1) is 5.10 Å². The molecule has 0 spiro atoms. The third kappa shape index (κ3) is 1.99. The third-order valence-corrected chi connectivity index (χ3v) is 4.30. The fraction of sp³-hybridized carbons (Fsp3) is 0.312. The van der Waals surface area contributed by atoms with Gasteiger partial charge in [0.15, 0.2) is 5.69 Å². The second-order valence-electron chi connectivity index (χ2n) is 5.86. The minimum absolute atomic E-state index is 0.0515. The lowest BCUT2D eigenvalue weighted by Crippen LogP contribution is -2.27. The van der Waals surface area contributed by atoms with Crippen molar-refractivity contribution >= 4 is 11.8 Å². The summed E-state index contributed by atoms with van der Waals surface area (Å²) in [6.07, 6.45) is 3.36. The van der Waals surface area contributed by atoms with Crippen LogP contribution >= 0.6 is 0 Å². The van der Waals surface area contributed by atoms with E-state index in [-0.39, 0.29) is 17.5 Å². The maximum Gasteiger partial charge on any atom is 0.269 e. The molecule has 2 aliphatic rings. The van der Waals surface area contributed by atoms with E-state index in [1.54, 1.807) is 0 Å². The molecule has 112 valence electrons. The summed E-state index contributed by atoms with van der Waals surface area (Å²) in [7, 11) is 0. The van der Waals surface area contributed by atoms with Crippen molar-refractivity contribution in [2.24, 2.45) is 11.7 Å². The van der Waals surface area contributed by atoms with Crippen LogP contribution in [-0.4, -0.2) is 21.7 Å². The van der Waals surface area contributed by atoms with E-state index in [0.717, 1.165) is 36.1 Å². The molecule has 1 aromatic heterocycles. The summed E-state index contributed by atoms with van der Waals surface area (Å²) < 4.78 is 0. The zero-order valence-corrected chi connectivity index (χ0v) is 12.0. The van der Waals surface area contributed by atoms with Crippen LogP contribution in [0, 0.1) is 5.92 Å². The van der Waals surface area contributed by atoms with Gasteiger partial charge in [0.2, 0.25) is 5.91 Å². The van der Waals surface area contributed by atoms with E-state index in [1.165, 1.54) is 10.4 Å². The molecule has 0 radical (unpaired) electrons. The van der Waals surface area contributed by atoms with Crippen molar-refractivity contribution in [3.63, 3.8) is 0 Å². The smallest absolute Gasteiger partial charge is 0.269 e. The van der Waals surface area contributed by atoms with Crippen molar-refractivity contribution in [1.82, 2.24) is 9.89 Å². The van der Waals surface area contributed by atoms with Crippen LogP contribution in [0.25, 0.3) is 11.3 Å². The molecule has 0 aliphatic heterocycles. The fourth-order valence-corrected chi connectivity index (χ4v) is 3.01. The van der Waals surface area contributed by atoms with Gasteiger partial charge in [-0.05, 0) is 31.2 Å². The predicted octanol–water partition coefficient (Wildman–Crippen LogP) is 1.23. The lowest BCUT2D eigenvalue weighted by Gasteiger charge is -2.18. The van der Waals surface area contributed by atoms with Crippen LogP contribution in [0.4, 0.5) is 0 Å².